The molecule has 0 N–H and O–H groups in total. The second kappa shape index (κ2) is 6.17. The molecule has 0 heterocycles. The molecule has 1 aliphatic carbocycles. The van der Waals surface area contributed by atoms with E-state index in [1.165, 1.54) is 32.1 Å². The van der Waals surface area contributed by atoms with Crippen molar-refractivity contribution in [1.82, 2.24) is 0 Å². The van der Waals surface area contributed by atoms with Crippen molar-refractivity contribution in [2.75, 3.05) is 0 Å². The Morgan fingerprint density at radius 2 is 1.69 bits per heavy atom. The van der Waals surface area contributed by atoms with Crippen LogP contribution in [-0.4, -0.2) is 5.78 Å². The molecule has 1 heteroatoms. The molecule has 0 unspecified atom stereocenters. The Labute approximate surface area is 82.9 Å². The van der Waals surface area contributed by atoms with Gasteiger partial charge in [0.05, 0.1) is 0 Å². The molecular formula is C12H24O. The molecule has 0 aliphatic heterocycles. The predicted molar refractivity (Wildman–Crippen MR) is 57.8 cm³/mol. The fourth-order valence-corrected chi connectivity index (χ4v) is 2.31. The highest BCUT2D eigenvalue weighted by Crippen LogP contribution is 2.43. The lowest BCUT2D eigenvalue weighted by molar-refractivity contribution is -0.119. The highest BCUT2D eigenvalue weighted by Gasteiger charge is 2.32. The summed E-state index contributed by atoms with van der Waals surface area (Å²) < 4.78 is 0. The van der Waals surface area contributed by atoms with Crippen molar-refractivity contribution in [3.8, 4) is 0 Å². The normalized spacial score (nSPS) is 19.1. The van der Waals surface area contributed by atoms with Crippen LogP contribution in [0.15, 0.2) is 0 Å². The van der Waals surface area contributed by atoms with Gasteiger partial charge in [0, 0.05) is 6.42 Å². The molecule has 0 aromatic carbocycles. The van der Waals surface area contributed by atoms with E-state index in [4.69, 9.17) is 0 Å². The van der Waals surface area contributed by atoms with E-state index >= 15 is 0 Å². The largest absolute Gasteiger partial charge is 0.300 e. The molecule has 0 amide bonds. The lowest BCUT2D eigenvalue weighted by Crippen LogP contribution is -2.18. The monoisotopic (exact) mass is 184 g/mol. The topological polar surface area (TPSA) is 17.1 Å². The zero-order valence-electron chi connectivity index (χ0n) is 9.65. The zero-order chi connectivity index (χ0) is 10.3. The molecule has 13 heavy (non-hydrogen) atoms. The van der Waals surface area contributed by atoms with Crippen molar-refractivity contribution >= 4 is 5.78 Å². The first-order valence-corrected chi connectivity index (χ1v) is 5.68. The average molecular weight is 184 g/mol. The van der Waals surface area contributed by atoms with Crippen molar-refractivity contribution in [3.05, 3.63) is 0 Å². The van der Waals surface area contributed by atoms with Crippen molar-refractivity contribution in [2.24, 2.45) is 5.41 Å². The molecule has 0 aromatic rings. The van der Waals surface area contributed by atoms with Gasteiger partial charge in [-0.2, -0.15) is 0 Å². The summed E-state index contributed by atoms with van der Waals surface area (Å²) in [5.41, 5.74) is 0.409. The lowest BCUT2D eigenvalue weighted by atomic mass is 9.79. The van der Waals surface area contributed by atoms with Crippen LogP contribution in [0.4, 0.5) is 0 Å². The minimum Gasteiger partial charge on any atom is -0.300 e. The van der Waals surface area contributed by atoms with Gasteiger partial charge in [0.25, 0.3) is 0 Å². The lowest BCUT2D eigenvalue weighted by Gasteiger charge is -2.25. The van der Waals surface area contributed by atoms with Crippen molar-refractivity contribution in [1.29, 1.82) is 0 Å². The van der Waals surface area contributed by atoms with Crippen molar-refractivity contribution in [2.45, 2.75) is 66.2 Å². The summed E-state index contributed by atoms with van der Waals surface area (Å²) in [6, 6.07) is 0. The summed E-state index contributed by atoms with van der Waals surface area (Å²) in [7, 11) is 0. The second-order valence-electron chi connectivity index (χ2n) is 3.94. The standard InChI is InChI=1S/C10H18O.C2H6/c1-3-10(8-9(2)11)6-4-5-7-10;1-2/h3-8H2,1-2H3;1-2H3. The van der Waals surface area contributed by atoms with E-state index in [-0.39, 0.29) is 0 Å². The third-order valence-corrected chi connectivity index (χ3v) is 3.04. The fourth-order valence-electron chi connectivity index (χ4n) is 2.31. The summed E-state index contributed by atoms with van der Waals surface area (Å²) in [4.78, 5) is 11.0. The molecule has 0 spiro atoms. The van der Waals surface area contributed by atoms with Crippen LogP contribution in [0, 0.1) is 5.41 Å². The molecule has 78 valence electrons. The fraction of sp³-hybridized carbons (Fsp3) is 0.917. The number of Topliss-reactive ketones (excluding diaryl/α,β-unsaturated/α-hetero) is 1. The smallest absolute Gasteiger partial charge is 0.130 e. The molecule has 0 bridgehead atoms. The maximum absolute atomic E-state index is 11.0. The molecule has 0 saturated heterocycles. The van der Waals surface area contributed by atoms with E-state index in [0.29, 0.717) is 11.2 Å². The number of hydrogen-bond acceptors (Lipinski definition) is 1. The van der Waals surface area contributed by atoms with Gasteiger partial charge in [0.1, 0.15) is 5.78 Å². The molecule has 0 radical (unpaired) electrons. The van der Waals surface area contributed by atoms with Gasteiger partial charge < -0.3 is 4.79 Å². The quantitative estimate of drug-likeness (QED) is 0.648. The molecule has 1 nitrogen and oxygen atoms in total. The van der Waals surface area contributed by atoms with E-state index in [1.807, 2.05) is 13.8 Å². The molecule has 1 fully saturated rings. The Kier molecular flexibility index (Phi) is 6.02. The van der Waals surface area contributed by atoms with Crippen LogP contribution in [0.2, 0.25) is 0 Å². The average Bonchev–Trinajstić information content (AvgIpc) is 2.56. The predicted octanol–water partition coefficient (Wildman–Crippen LogP) is 3.96. The molecule has 0 aromatic heterocycles. The van der Waals surface area contributed by atoms with E-state index in [0.717, 1.165) is 6.42 Å². The van der Waals surface area contributed by atoms with Crippen LogP contribution < -0.4 is 0 Å². The number of carbonyl (C=O) groups excluding carboxylic acids is 1. The third-order valence-electron chi connectivity index (χ3n) is 3.04. The van der Waals surface area contributed by atoms with Crippen LogP contribution in [0.3, 0.4) is 0 Å². The third kappa shape index (κ3) is 3.93. The molecule has 0 atom stereocenters. The van der Waals surface area contributed by atoms with Gasteiger partial charge in [-0.15, -0.1) is 0 Å². The van der Waals surface area contributed by atoms with Crippen LogP contribution >= 0.6 is 0 Å². The highest BCUT2D eigenvalue weighted by atomic mass is 16.1. The van der Waals surface area contributed by atoms with Gasteiger partial charge in [-0.25, -0.2) is 0 Å². The van der Waals surface area contributed by atoms with Gasteiger partial charge in [0.2, 0.25) is 0 Å². The van der Waals surface area contributed by atoms with Crippen molar-refractivity contribution < 1.29 is 4.79 Å². The number of ketones is 1. The summed E-state index contributed by atoms with van der Waals surface area (Å²) >= 11 is 0. The van der Waals surface area contributed by atoms with E-state index in [2.05, 4.69) is 6.92 Å². The summed E-state index contributed by atoms with van der Waals surface area (Å²) in [6.45, 7) is 7.93. The Morgan fingerprint density at radius 1 is 1.23 bits per heavy atom. The Balaban J connectivity index is 0.000000671. The Hall–Kier alpha value is -0.330. The van der Waals surface area contributed by atoms with Gasteiger partial charge in [-0.3, -0.25) is 0 Å². The van der Waals surface area contributed by atoms with E-state index in [9.17, 15) is 4.79 Å². The van der Waals surface area contributed by atoms with Gasteiger partial charge in [0.15, 0.2) is 0 Å². The molecule has 1 rings (SSSR count). The van der Waals surface area contributed by atoms with Gasteiger partial charge in [-0.05, 0) is 25.2 Å². The van der Waals surface area contributed by atoms with Crippen LogP contribution in [0.1, 0.15) is 66.2 Å². The summed E-state index contributed by atoms with van der Waals surface area (Å²) in [5.74, 6) is 0.369. The Bertz CT molecular complexity index is 143. The van der Waals surface area contributed by atoms with Gasteiger partial charge in [-0.1, -0.05) is 40.0 Å². The van der Waals surface area contributed by atoms with Crippen LogP contribution in [-0.2, 0) is 4.79 Å². The van der Waals surface area contributed by atoms with Gasteiger partial charge >= 0.3 is 0 Å². The summed E-state index contributed by atoms with van der Waals surface area (Å²) in [6.07, 6.45) is 7.24. The minimum atomic E-state index is 0.369. The first-order chi connectivity index (χ1) is 6.18. The highest BCUT2D eigenvalue weighted by molar-refractivity contribution is 5.76. The molecular weight excluding hydrogens is 160 g/mol. The first-order valence-electron chi connectivity index (χ1n) is 5.68. The second-order valence-corrected chi connectivity index (χ2v) is 3.94. The maximum Gasteiger partial charge on any atom is 0.130 e. The number of hydrogen-bond donors (Lipinski definition) is 0. The SMILES string of the molecule is CC.CCC1(CC(C)=O)CCCC1. The summed E-state index contributed by atoms with van der Waals surface area (Å²) in [5, 5.41) is 0. The van der Waals surface area contributed by atoms with E-state index in [1.54, 1.807) is 6.92 Å². The van der Waals surface area contributed by atoms with Crippen LogP contribution in [0.5, 0.6) is 0 Å². The number of rotatable bonds is 3. The molecule has 1 saturated carbocycles. The zero-order valence-corrected chi connectivity index (χ0v) is 9.65. The van der Waals surface area contributed by atoms with E-state index < -0.39 is 0 Å². The van der Waals surface area contributed by atoms with Crippen LogP contribution in [0.25, 0.3) is 0 Å². The maximum atomic E-state index is 11.0. The Morgan fingerprint density at radius 3 is 2.00 bits per heavy atom. The number of carbonyl (C=O) groups is 1. The first kappa shape index (κ1) is 12.7. The molecule has 1 aliphatic rings. The van der Waals surface area contributed by atoms with Crippen molar-refractivity contribution in [3.63, 3.8) is 0 Å². The minimum absolute atomic E-state index is 0.369.